The summed E-state index contributed by atoms with van der Waals surface area (Å²) < 4.78 is 60.2. The maximum absolute atomic E-state index is 12.8. The van der Waals surface area contributed by atoms with E-state index in [0.29, 0.717) is 11.3 Å². The smallest absolute Gasteiger partial charge is 0.258 e. The van der Waals surface area contributed by atoms with Crippen molar-refractivity contribution >= 4 is 19.7 Å². The van der Waals surface area contributed by atoms with E-state index in [9.17, 15) is 16.8 Å². The van der Waals surface area contributed by atoms with Crippen LogP contribution in [0.15, 0.2) is 74.0 Å². The van der Waals surface area contributed by atoms with Crippen LogP contribution in [0.3, 0.4) is 0 Å². The van der Waals surface area contributed by atoms with Crippen molar-refractivity contribution in [2.45, 2.75) is 15.0 Å². The van der Waals surface area contributed by atoms with Crippen molar-refractivity contribution in [3.63, 3.8) is 0 Å². The minimum Gasteiger partial charge on any atom is -0.497 e. The third-order valence-corrected chi connectivity index (χ3v) is 6.31. The van der Waals surface area contributed by atoms with Gasteiger partial charge in [-0.1, -0.05) is 18.2 Å². The number of sulfone groups is 2. The van der Waals surface area contributed by atoms with Crippen molar-refractivity contribution < 1.29 is 26.0 Å². The molecule has 1 heterocycles. The highest BCUT2D eigenvalue weighted by Crippen LogP contribution is 2.32. The van der Waals surface area contributed by atoms with Gasteiger partial charge in [0.05, 0.1) is 12.0 Å². The fraction of sp³-hybridized carbons (Fsp3) is 0.118. The molecule has 2 aromatic carbocycles. The minimum absolute atomic E-state index is 0.0699. The number of hydrogen-bond donors (Lipinski definition) is 0. The number of methoxy groups -OCH3 is 1. The fourth-order valence-electron chi connectivity index (χ4n) is 2.26. The lowest BCUT2D eigenvalue weighted by Crippen LogP contribution is -2.08. The molecule has 0 saturated heterocycles. The summed E-state index contributed by atoms with van der Waals surface area (Å²) in [6.07, 6.45) is 0.870. The Balaban J connectivity index is 2.20. The summed E-state index contributed by atoms with van der Waals surface area (Å²) >= 11 is 0. The van der Waals surface area contributed by atoms with Crippen LogP contribution in [0, 0.1) is 0 Å². The molecule has 0 N–H and O–H groups in total. The Kier molecular flexibility index (Phi) is 4.59. The Morgan fingerprint density at radius 1 is 0.923 bits per heavy atom. The average molecular weight is 393 g/mol. The van der Waals surface area contributed by atoms with Crippen LogP contribution in [0.1, 0.15) is 0 Å². The number of nitrogens with zero attached hydrogens (tertiary/aromatic N) is 1. The summed E-state index contributed by atoms with van der Waals surface area (Å²) in [5.74, 6) is 0.475. The Hall–Kier alpha value is -2.65. The third kappa shape index (κ3) is 3.35. The molecule has 0 spiro atoms. The van der Waals surface area contributed by atoms with Gasteiger partial charge >= 0.3 is 0 Å². The number of benzene rings is 2. The quantitative estimate of drug-likeness (QED) is 0.656. The number of ether oxygens (including phenoxy) is 1. The van der Waals surface area contributed by atoms with Gasteiger partial charge in [-0.3, -0.25) is 0 Å². The highest BCUT2D eigenvalue weighted by molar-refractivity contribution is 7.94. The SMILES string of the molecule is COc1ccc(-c2nc(S(=O)(=O)c3ccccc3)c(S(C)(=O)=O)o2)cc1. The first-order valence-electron chi connectivity index (χ1n) is 7.39. The molecule has 26 heavy (non-hydrogen) atoms. The van der Waals surface area contributed by atoms with Gasteiger partial charge in [0.15, 0.2) is 0 Å². The standard InChI is InChI=1S/C17H15NO6S2/c1-23-13-10-8-12(9-11-13)15-18-16(17(24-15)25(2,19)20)26(21,22)14-6-4-3-5-7-14/h3-11H,1-2H3. The first-order valence-corrected chi connectivity index (χ1v) is 10.8. The summed E-state index contributed by atoms with van der Waals surface area (Å²) in [5.41, 5.74) is 0.421. The van der Waals surface area contributed by atoms with Crippen LogP contribution in [0.5, 0.6) is 5.75 Å². The molecule has 9 heteroatoms. The number of aromatic nitrogens is 1. The molecular weight excluding hydrogens is 378 g/mol. The van der Waals surface area contributed by atoms with E-state index in [1.54, 1.807) is 30.3 Å². The highest BCUT2D eigenvalue weighted by Gasteiger charge is 2.33. The largest absolute Gasteiger partial charge is 0.497 e. The lowest BCUT2D eigenvalue weighted by molar-refractivity contribution is 0.414. The van der Waals surface area contributed by atoms with E-state index in [1.165, 1.54) is 31.4 Å². The summed E-state index contributed by atoms with van der Waals surface area (Å²) in [6, 6.07) is 13.9. The van der Waals surface area contributed by atoms with Gasteiger partial charge < -0.3 is 9.15 Å². The molecular formula is C17H15NO6S2. The molecule has 0 radical (unpaired) electrons. The Labute approximate surface area is 151 Å². The molecule has 0 aliphatic rings. The van der Waals surface area contributed by atoms with E-state index < -0.39 is 29.8 Å². The van der Waals surface area contributed by atoms with Crippen molar-refractivity contribution in [3.8, 4) is 17.2 Å². The van der Waals surface area contributed by atoms with Crippen molar-refractivity contribution in [1.82, 2.24) is 4.98 Å². The van der Waals surface area contributed by atoms with Gasteiger partial charge in [-0.25, -0.2) is 16.8 Å². The van der Waals surface area contributed by atoms with Crippen LogP contribution < -0.4 is 4.74 Å². The Bertz CT molecular complexity index is 1130. The number of oxazole rings is 1. The van der Waals surface area contributed by atoms with E-state index in [2.05, 4.69) is 4.98 Å². The fourth-order valence-corrected chi connectivity index (χ4v) is 4.84. The van der Waals surface area contributed by atoms with Crippen LogP contribution in [-0.2, 0) is 19.7 Å². The molecule has 3 aromatic rings. The van der Waals surface area contributed by atoms with Gasteiger partial charge in [0, 0.05) is 11.8 Å². The van der Waals surface area contributed by atoms with Crippen LogP contribution >= 0.6 is 0 Å². The predicted octanol–water partition coefficient (Wildman–Crippen LogP) is 2.59. The van der Waals surface area contributed by atoms with Crippen molar-refractivity contribution in [2.24, 2.45) is 0 Å². The topological polar surface area (TPSA) is 104 Å². The van der Waals surface area contributed by atoms with Crippen LogP contribution in [0.25, 0.3) is 11.5 Å². The van der Waals surface area contributed by atoms with Gasteiger partial charge in [0.25, 0.3) is 5.09 Å². The summed E-state index contributed by atoms with van der Waals surface area (Å²) in [4.78, 5) is 3.91. The molecule has 0 amide bonds. The molecule has 0 aliphatic carbocycles. The second-order valence-corrected chi connectivity index (χ2v) is 9.21. The molecule has 136 valence electrons. The first kappa shape index (κ1) is 18.2. The Morgan fingerprint density at radius 3 is 2.08 bits per heavy atom. The lowest BCUT2D eigenvalue weighted by atomic mass is 10.2. The van der Waals surface area contributed by atoms with Crippen LogP contribution in [-0.4, -0.2) is 35.2 Å². The molecule has 0 unspecified atom stereocenters. The number of hydrogen-bond acceptors (Lipinski definition) is 7. The van der Waals surface area contributed by atoms with E-state index in [1.807, 2.05) is 0 Å². The van der Waals surface area contributed by atoms with Gasteiger partial charge in [-0.2, -0.15) is 4.98 Å². The van der Waals surface area contributed by atoms with Crippen LogP contribution in [0.2, 0.25) is 0 Å². The molecule has 3 rings (SSSR count). The molecule has 7 nitrogen and oxygen atoms in total. The monoisotopic (exact) mass is 393 g/mol. The van der Waals surface area contributed by atoms with Crippen molar-refractivity contribution in [2.75, 3.05) is 13.4 Å². The second kappa shape index (κ2) is 6.58. The van der Waals surface area contributed by atoms with E-state index in [4.69, 9.17) is 9.15 Å². The molecule has 0 aliphatic heterocycles. The van der Waals surface area contributed by atoms with E-state index in [-0.39, 0.29) is 10.8 Å². The third-order valence-electron chi connectivity index (χ3n) is 3.55. The highest BCUT2D eigenvalue weighted by atomic mass is 32.2. The molecule has 0 saturated carbocycles. The normalized spacial score (nSPS) is 12.1. The maximum atomic E-state index is 12.8. The summed E-state index contributed by atoms with van der Waals surface area (Å²) in [7, 11) is -6.61. The van der Waals surface area contributed by atoms with E-state index in [0.717, 1.165) is 6.26 Å². The molecule has 0 bridgehead atoms. The summed E-state index contributed by atoms with van der Waals surface area (Å²) in [6.45, 7) is 0. The molecule has 0 fully saturated rings. The van der Waals surface area contributed by atoms with Gasteiger partial charge in [-0.15, -0.1) is 0 Å². The number of rotatable bonds is 5. The maximum Gasteiger partial charge on any atom is 0.258 e. The van der Waals surface area contributed by atoms with E-state index >= 15 is 0 Å². The zero-order valence-electron chi connectivity index (χ0n) is 13.9. The predicted molar refractivity (Wildman–Crippen MR) is 93.5 cm³/mol. The van der Waals surface area contributed by atoms with Crippen molar-refractivity contribution in [3.05, 3.63) is 54.6 Å². The zero-order chi connectivity index (χ0) is 18.9. The van der Waals surface area contributed by atoms with Gasteiger partial charge in [0.1, 0.15) is 5.75 Å². The molecule has 0 atom stereocenters. The van der Waals surface area contributed by atoms with Gasteiger partial charge in [-0.05, 0) is 36.4 Å². The lowest BCUT2D eigenvalue weighted by Gasteiger charge is -2.01. The minimum atomic E-state index is -4.16. The second-order valence-electron chi connectivity index (χ2n) is 5.43. The Morgan fingerprint density at radius 2 is 1.54 bits per heavy atom. The van der Waals surface area contributed by atoms with Gasteiger partial charge in [0.2, 0.25) is 30.6 Å². The summed E-state index contributed by atoms with van der Waals surface area (Å²) in [5, 5.41) is -1.32. The van der Waals surface area contributed by atoms with Crippen LogP contribution in [0.4, 0.5) is 0 Å². The average Bonchev–Trinajstić information content (AvgIpc) is 3.09. The van der Waals surface area contributed by atoms with Crippen molar-refractivity contribution in [1.29, 1.82) is 0 Å². The first-order chi connectivity index (χ1) is 12.2. The molecule has 1 aromatic heterocycles. The zero-order valence-corrected chi connectivity index (χ0v) is 15.5.